The van der Waals surface area contributed by atoms with Gasteiger partial charge in [0.15, 0.2) is 0 Å². The lowest BCUT2D eigenvalue weighted by atomic mass is 9.81. The van der Waals surface area contributed by atoms with E-state index < -0.39 is 10.0 Å². The maximum absolute atomic E-state index is 12.4. The van der Waals surface area contributed by atoms with Gasteiger partial charge in [0, 0.05) is 24.0 Å². The molecule has 0 aliphatic heterocycles. The third kappa shape index (κ3) is 8.14. The van der Waals surface area contributed by atoms with Crippen LogP contribution in [0.4, 0.5) is 0 Å². The lowest BCUT2D eigenvalue weighted by Gasteiger charge is -2.27. The molecule has 2 aromatic carbocycles. The molecule has 3 N–H and O–H groups in total. The molecule has 1 fully saturated rings. The number of benzene rings is 2. The Hall–Kier alpha value is -2.42. The Balaban J connectivity index is 1.32. The van der Waals surface area contributed by atoms with Crippen LogP contribution in [0.15, 0.2) is 59.5 Å². The number of halogens is 1. The summed E-state index contributed by atoms with van der Waals surface area (Å²) in [6.45, 7) is 0.827. The van der Waals surface area contributed by atoms with Crippen molar-refractivity contribution < 1.29 is 18.0 Å². The molecule has 33 heavy (non-hydrogen) atoms. The van der Waals surface area contributed by atoms with E-state index in [0.717, 1.165) is 24.8 Å². The molecule has 0 unspecified atom stereocenters. The van der Waals surface area contributed by atoms with Crippen LogP contribution in [0.25, 0.3) is 0 Å². The zero-order valence-electron chi connectivity index (χ0n) is 18.4. The Morgan fingerprint density at radius 1 is 0.909 bits per heavy atom. The van der Waals surface area contributed by atoms with Gasteiger partial charge in [-0.15, -0.1) is 0 Å². The first-order valence-corrected chi connectivity index (χ1v) is 13.0. The van der Waals surface area contributed by atoms with Crippen molar-refractivity contribution in [1.29, 1.82) is 0 Å². The Bertz CT molecular complexity index is 1020. The van der Waals surface area contributed by atoms with E-state index in [1.807, 2.05) is 30.3 Å². The van der Waals surface area contributed by atoms with Gasteiger partial charge in [0.05, 0.1) is 11.4 Å². The van der Waals surface area contributed by atoms with Crippen molar-refractivity contribution in [2.45, 2.75) is 37.0 Å². The summed E-state index contributed by atoms with van der Waals surface area (Å²) in [6.07, 6.45) is 3.60. The first-order chi connectivity index (χ1) is 15.8. The maximum Gasteiger partial charge on any atom is 0.240 e. The Labute approximate surface area is 200 Å². The van der Waals surface area contributed by atoms with Gasteiger partial charge in [-0.3, -0.25) is 9.59 Å². The van der Waals surface area contributed by atoms with Crippen molar-refractivity contribution in [3.05, 3.63) is 65.2 Å². The summed E-state index contributed by atoms with van der Waals surface area (Å²) in [5, 5.41) is 6.02. The Kier molecular flexibility index (Phi) is 9.29. The molecule has 0 spiro atoms. The number of nitrogens with one attached hydrogen (secondary N) is 3. The molecule has 7 nitrogen and oxygen atoms in total. The smallest absolute Gasteiger partial charge is 0.240 e. The summed E-state index contributed by atoms with van der Waals surface area (Å²) in [5.74, 6) is -0.290. The second-order valence-electron chi connectivity index (χ2n) is 8.33. The van der Waals surface area contributed by atoms with Crippen molar-refractivity contribution in [2.75, 3.05) is 19.6 Å². The van der Waals surface area contributed by atoms with Gasteiger partial charge in [-0.05, 0) is 67.9 Å². The summed E-state index contributed by atoms with van der Waals surface area (Å²) in [5.41, 5.74) is 1.15. The van der Waals surface area contributed by atoms with E-state index >= 15 is 0 Å². The molecule has 9 heteroatoms. The number of carbonyl (C=O) groups excluding carboxylic acids is 2. The first-order valence-electron chi connectivity index (χ1n) is 11.2. The molecule has 178 valence electrons. The third-order valence-electron chi connectivity index (χ3n) is 5.91. The first kappa shape index (κ1) is 25.2. The van der Waals surface area contributed by atoms with Crippen LogP contribution in [-0.4, -0.2) is 39.9 Å². The summed E-state index contributed by atoms with van der Waals surface area (Å²) in [6, 6.07) is 15.9. The molecule has 1 saturated carbocycles. The lowest BCUT2D eigenvalue weighted by molar-refractivity contribution is -0.129. The topological polar surface area (TPSA) is 104 Å². The summed E-state index contributed by atoms with van der Waals surface area (Å²) >= 11 is 5.81. The molecular weight excluding hydrogens is 462 g/mol. The molecule has 3 rings (SSSR count). The summed E-state index contributed by atoms with van der Waals surface area (Å²) < 4.78 is 27.5. The number of rotatable bonds is 10. The van der Waals surface area contributed by atoms with E-state index in [1.165, 1.54) is 12.1 Å². The largest absolute Gasteiger partial charge is 0.354 e. The van der Waals surface area contributed by atoms with E-state index in [9.17, 15) is 18.0 Å². The molecule has 0 radical (unpaired) electrons. The van der Waals surface area contributed by atoms with Crippen molar-refractivity contribution in [3.63, 3.8) is 0 Å². The molecule has 0 aromatic heterocycles. The minimum Gasteiger partial charge on any atom is -0.354 e. The number of carbonyl (C=O) groups is 2. The lowest BCUT2D eigenvalue weighted by Crippen LogP contribution is -2.41. The maximum atomic E-state index is 12.4. The predicted molar refractivity (Wildman–Crippen MR) is 128 cm³/mol. The molecule has 0 bridgehead atoms. The van der Waals surface area contributed by atoms with Crippen LogP contribution < -0.4 is 15.4 Å². The van der Waals surface area contributed by atoms with E-state index in [4.69, 9.17) is 11.6 Å². The predicted octanol–water partition coefficient (Wildman–Crippen LogP) is 2.90. The van der Waals surface area contributed by atoms with Crippen molar-refractivity contribution >= 4 is 33.4 Å². The minimum atomic E-state index is -3.58. The average Bonchev–Trinajstić information content (AvgIpc) is 2.82. The fourth-order valence-electron chi connectivity index (χ4n) is 3.92. The molecular formula is C24H30ClN3O4S. The van der Waals surface area contributed by atoms with Crippen LogP contribution >= 0.6 is 11.6 Å². The summed E-state index contributed by atoms with van der Waals surface area (Å²) in [7, 11) is -3.58. The highest BCUT2D eigenvalue weighted by Gasteiger charge is 2.27. The highest BCUT2D eigenvalue weighted by atomic mass is 35.5. The number of amides is 2. The van der Waals surface area contributed by atoms with Crippen LogP contribution in [0.2, 0.25) is 5.02 Å². The van der Waals surface area contributed by atoms with E-state index in [0.29, 0.717) is 31.0 Å². The minimum absolute atomic E-state index is 0.0333. The van der Waals surface area contributed by atoms with Crippen molar-refractivity contribution in [2.24, 2.45) is 11.8 Å². The van der Waals surface area contributed by atoms with E-state index in [-0.39, 0.29) is 35.1 Å². The second-order valence-corrected chi connectivity index (χ2v) is 10.5. The zero-order valence-corrected chi connectivity index (χ0v) is 20.0. The van der Waals surface area contributed by atoms with E-state index in [2.05, 4.69) is 15.4 Å². The second kappa shape index (κ2) is 12.2. The Morgan fingerprint density at radius 3 is 2.24 bits per heavy atom. The Morgan fingerprint density at radius 2 is 1.58 bits per heavy atom. The van der Waals surface area contributed by atoms with Gasteiger partial charge in [0.25, 0.3) is 0 Å². The van der Waals surface area contributed by atoms with Gasteiger partial charge in [-0.2, -0.15) is 0 Å². The van der Waals surface area contributed by atoms with Gasteiger partial charge < -0.3 is 10.6 Å². The molecule has 2 amide bonds. The normalized spacial score (nSPS) is 18.5. The third-order valence-corrected chi connectivity index (χ3v) is 7.60. The molecule has 0 heterocycles. The highest BCUT2D eigenvalue weighted by Crippen LogP contribution is 2.29. The van der Waals surface area contributed by atoms with Gasteiger partial charge in [-0.1, -0.05) is 41.9 Å². The standard InChI is InChI=1S/C24H30ClN3O4S/c25-21-10-12-22(13-11-21)33(31,32)28-16-19-6-8-20(9-7-19)24(30)27-17-23(29)26-15-14-18-4-2-1-3-5-18/h1-5,10-13,19-20,28H,6-9,14-17H2,(H,26,29)(H,27,30). The van der Waals surface area contributed by atoms with Crippen LogP contribution in [0.3, 0.4) is 0 Å². The van der Waals surface area contributed by atoms with Crippen LogP contribution in [-0.2, 0) is 26.0 Å². The molecule has 1 aliphatic carbocycles. The van der Waals surface area contributed by atoms with Crippen molar-refractivity contribution in [1.82, 2.24) is 15.4 Å². The quantitative estimate of drug-likeness (QED) is 0.475. The fraction of sp³-hybridized carbons (Fsp3) is 0.417. The van der Waals surface area contributed by atoms with Crippen molar-refractivity contribution in [3.8, 4) is 0 Å². The number of sulfonamides is 1. The van der Waals surface area contributed by atoms with Crippen LogP contribution in [0.1, 0.15) is 31.2 Å². The molecule has 0 atom stereocenters. The number of hydrogen-bond donors (Lipinski definition) is 3. The monoisotopic (exact) mass is 491 g/mol. The molecule has 1 aliphatic rings. The van der Waals surface area contributed by atoms with Crippen LogP contribution in [0.5, 0.6) is 0 Å². The average molecular weight is 492 g/mol. The van der Waals surface area contributed by atoms with Gasteiger partial charge in [0.1, 0.15) is 0 Å². The molecule has 0 saturated heterocycles. The van der Waals surface area contributed by atoms with Gasteiger partial charge in [-0.25, -0.2) is 13.1 Å². The zero-order chi connectivity index (χ0) is 23.7. The number of hydrogen-bond acceptors (Lipinski definition) is 4. The highest BCUT2D eigenvalue weighted by molar-refractivity contribution is 7.89. The fourth-order valence-corrected chi connectivity index (χ4v) is 5.16. The SMILES string of the molecule is O=C(CNC(=O)C1CCC(CNS(=O)(=O)c2ccc(Cl)cc2)CC1)NCCc1ccccc1. The molecule has 2 aromatic rings. The van der Waals surface area contributed by atoms with Gasteiger partial charge >= 0.3 is 0 Å². The van der Waals surface area contributed by atoms with Crippen LogP contribution in [0, 0.1) is 11.8 Å². The van der Waals surface area contributed by atoms with Gasteiger partial charge in [0.2, 0.25) is 21.8 Å². The summed E-state index contributed by atoms with van der Waals surface area (Å²) in [4.78, 5) is 24.6. The van der Waals surface area contributed by atoms with E-state index in [1.54, 1.807) is 12.1 Å².